The van der Waals surface area contributed by atoms with Crippen molar-refractivity contribution >= 4 is 28.4 Å². The largest absolute Gasteiger partial charge is 0.423 e. The minimum absolute atomic E-state index is 0.0198. The second-order valence-corrected chi connectivity index (χ2v) is 6.81. The van der Waals surface area contributed by atoms with Gasteiger partial charge in [0.25, 0.3) is 11.4 Å². The van der Waals surface area contributed by atoms with Gasteiger partial charge in [-0.15, -0.1) is 0 Å². The summed E-state index contributed by atoms with van der Waals surface area (Å²) < 4.78 is 5.29. The van der Waals surface area contributed by atoms with Crippen molar-refractivity contribution in [1.82, 2.24) is 9.97 Å². The van der Waals surface area contributed by atoms with E-state index in [9.17, 15) is 25.0 Å². The lowest BCUT2D eigenvalue weighted by molar-refractivity contribution is -0.394. The van der Waals surface area contributed by atoms with E-state index in [0.29, 0.717) is 5.69 Å². The Morgan fingerprint density at radius 1 is 0.938 bits per heavy atom. The molecule has 0 aliphatic rings. The van der Waals surface area contributed by atoms with Crippen molar-refractivity contribution in [2.45, 2.75) is 6.92 Å². The zero-order valence-corrected chi connectivity index (χ0v) is 16.6. The summed E-state index contributed by atoms with van der Waals surface area (Å²) in [6.45, 7) is 1.33. The molecule has 158 valence electrons. The molecule has 1 aromatic heterocycles. The normalized spacial score (nSPS) is 10.7. The van der Waals surface area contributed by atoms with Gasteiger partial charge in [-0.1, -0.05) is 12.1 Å². The molecule has 0 saturated heterocycles. The predicted octanol–water partition coefficient (Wildman–Crippen LogP) is 4.64. The molecule has 0 unspecified atom stereocenters. The Balaban J connectivity index is 1.60. The molecule has 0 fully saturated rings. The fourth-order valence-corrected chi connectivity index (χ4v) is 3.14. The number of non-ortho nitro benzene ring substituents is 1. The summed E-state index contributed by atoms with van der Waals surface area (Å²) in [7, 11) is 0. The summed E-state index contributed by atoms with van der Waals surface area (Å²) in [5, 5.41) is 22.3. The van der Waals surface area contributed by atoms with Gasteiger partial charge in [-0.3, -0.25) is 25.2 Å². The SMILES string of the molecule is Cc1c(C(=O)Oc2ccc(-c3cnc4ccccc4n3)cc2)cc([N+](=O)[O-])cc1[N+](=O)[O-]. The molecule has 0 atom stereocenters. The average Bonchev–Trinajstić information content (AvgIpc) is 2.79. The zero-order chi connectivity index (χ0) is 22.8. The Morgan fingerprint density at radius 2 is 1.62 bits per heavy atom. The summed E-state index contributed by atoms with van der Waals surface area (Å²) in [5.41, 5.74) is 1.50. The third-order valence-corrected chi connectivity index (χ3v) is 4.80. The van der Waals surface area contributed by atoms with Crippen LogP contribution in [0.3, 0.4) is 0 Å². The number of ether oxygens (including phenoxy) is 1. The van der Waals surface area contributed by atoms with Crippen LogP contribution in [0.25, 0.3) is 22.3 Å². The number of nitro benzene ring substituents is 2. The highest BCUT2D eigenvalue weighted by molar-refractivity contribution is 5.94. The van der Waals surface area contributed by atoms with E-state index in [0.717, 1.165) is 28.7 Å². The molecule has 32 heavy (non-hydrogen) atoms. The van der Waals surface area contributed by atoms with Crippen LogP contribution in [0.1, 0.15) is 15.9 Å². The van der Waals surface area contributed by atoms with Gasteiger partial charge >= 0.3 is 5.97 Å². The molecule has 0 radical (unpaired) electrons. The number of esters is 1. The Kier molecular flexibility index (Phi) is 5.25. The van der Waals surface area contributed by atoms with Crippen LogP contribution in [0.5, 0.6) is 5.75 Å². The van der Waals surface area contributed by atoms with Crippen LogP contribution in [0.2, 0.25) is 0 Å². The number of carbonyl (C=O) groups is 1. The van der Waals surface area contributed by atoms with Gasteiger partial charge in [0, 0.05) is 17.2 Å². The summed E-state index contributed by atoms with van der Waals surface area (Å²) in [5.74, 6) is -0.770. The van der Waals surface area contributed by atoms with Crippen LogP contribution in [0, 0.1) is 27.2 Å². The lowest BCUT2D eigenvalue weighted by atomic mass is 10.1. The van der Waals surface area contributed by atoms with E-state index in [4.69, 9.17) is 4.74 Å². The number of nitro groups is 2. The molecular weight excluding hydrogens is 416 g/mol. The van der Waals surface area contributed by atoms with Crippen LogP contribution in [-0.4, -0.2) is 25.8 Å². The number of benzene rings is 3. The van der Waals surface area contributed by atoms with Gasteiger partial charge in [-0.05, 0) is 43.3 Å². The van der Waals surface area contributed by atoms with Crippen LogP contribution in [-0.2, 0) is 0 Å². The van der Waals surface area contributed by atoms with Crippen molar-refractivity contribution in [3.05, 3.63) is 98.2 Å². The van der Waals surface area contributed by atoms with Gasteiger partial charge in [0.1, 0.15) is 5.75 Å². The zero-order valence-electron chi connectivity index (χ0n) is 16.6. The first-order valence-electron chi connectivity index (χ1n) is 9.31. The number of nitrogens with zero attached hydrogens (tertiary/aromatic N) is 4. The predicted molar refractivity (Wildman–Crippen MR) is 114 cm³/mol. The highest BCUT2D eigenvalue weighted by Crippen LogP contribution is 2.29. The maximum Gasteiger partial charge on any atom is 0.344 e. The Hall–Kier alpha value is -4.73. The van der Waals surface area contributed by atoms with Crippen molar-refractivity contribution in [1.29, 1.82) is 0 Å². The quantitative estimate of drug-likeness (QED) is 0.193. The maximum absolute atomic E-state index is 12.6. The van der Waals surface area contributed by atoms with Crippen LogP contribution in [0.4, 0.5) is 11.4 Å². The van der Waals surface area contributed by atoms with E-state index in [-0.39, 0.29) is 16.9 Å². The fraction of sp³-hybridized carbons (Fsp3) is 0.0455. The molecule has 1 heterocycles. The number of hydrogen-bond donors (Lipinski definition) is 0. The average molecular weight is 430 g/mol. The smallest absolute Gasteiger partial charge is 0.344 e. The van der Waals surface area contributed by atoms with Gasteiger partial charge in [-0.2, -0.15) is 0 Å². The Morgan fingerprint density at radius 3 is 2.28 bits per heavy atom. The maximum atomic E-state index is 12.6. The van der Waals surface area contributed by atoms with E-state index in [1.807, 2.05) is 24.3 Å². The molecule has 0 aliphatic heterocycles. The summed E-state index contributed by atoms with van der Waals surface area (Å²) in [6, 6.07) is 15.7. The summed E-state index contributed by atoms with van der Waals surface area (Å²) in [4.78, 5) is 42.2. The van der Waals surface area contributed by atoms with Crippen LogP contribution >= 0.6 is 0 Å². The Bertz CT molecular complexity index is 1390. The molecule has 0 N–H and O–H groups in total. The third-order valence-electron chi connectivity index (χ3n) is 4.80. The number of para-hydroxylation sites is 2. The molecule has 4 aromatic rings. The molecule has 3 aromatic carbocycles. The van der Waals surface area contributed by atoms with Crippen LogP contribution in [0.15, 0.2) is 66.9 Å². The first-order valence-corrected chi connectivity index (χ1v) is 9.31. The van der Waals surface area contributed by atoms with Gasteiger partial charge in [0.15, 0.2) is 0 Å². The van der Waals surface area contributed by atoms with Crippen molar-refractivity contribution in [3.63, 3.8) is 0 Å². The Labute approximate surface area is 180 Å². The number of carbonyl (C=O) groups excluding carboxylic acids is 1. The van der Waals surface area contributed by atoms with E-state index >= 15 is 0 Å². The number of fused-ring (bicyclic) bond motifs is 1. The van der Waals surface area contributed by atoms with E-state index in [2.05, 4.69) is 9.97 Å². The monoisotopic (exact) mass is 430 g/mol. The van der Waals surface area contributed by atoms with Crippen molar-refractivity contribution < 1.29 is 19.4 Å². The molecule has 0 aliphatic carbocycles. The van der Waals surface area contributed by atoms with E-state index in [1.165, 1.54) is 19.1 Å². The molecule has 10 nitrogen and oxygen atoms in total. The molecule has 0 bridgehead atoms. The molecule has 0 spiro atoms. The number of aromatic nitrogens is 2. The molecule has 0 saturated carbocycles. The van der Waals surface area contributed by atoms with Gasteiger partial charge < -0.3 is 4.74 Å². The summed E-state index contributed by atoms with van der Waals surface area (Å²) >= 11 is 0. The highest BCUT2D eigenvalue weighted by atomic mass is 16.6. The minimum atomic E-state index is -0.937. The van der Waals surface area contributed by atoms with Crippen LogP contribution < -0.4 is 4.74 Å². The number of hydrogen-bond acceptors (Lipinski definition) is 8. The summed E-state index contributed by atoms with van der Waals surface area (Å²) in [6.07, 6.45) is 1.63. The standard InChI is InChI=1S/C22H14N4O6/c1-13-17(10-15(25(28)29)11-21(13)26(30)31)22(27)32-16-8-6-14(7-9-16)20-12-23-18-4-2-3-5-19(18)24-20/h2-12H,1H3. The van der Waals surface area contributed by atoms with Crippen molar-refractivity contribution in [3.8, 4) is 17.0 Å². The first kappa shape index (κ1) is 20.5. The van der Waals surface area contributed by atoms with E-state index in [1.54, 1.807) is 18.3 Å². The second-order valence-electron chi connectivity index (χ2n) is 6.81. The molecular formula is C22H14N4O6. The van der Waals surface area contributed by atoms with Crippen molar-refractivity contribution in [2.75, 3.05) is 0 Å². The minimum Gasteiger partial charge on any atom is -0.423 e. The molecule has 4 rings (SSSR count). The van der Waals surface area contributed by atoms with E-state index < -0.39 is 27.2 Å². The highest BCUT2D eigenvalue weighted by Gasteiger charge is 2.25. The van der Waals surface area contributed by atoms with Gasteiger partial charge in [0.05, 0.1) is 44.4 Å². The molecule has 10 heteroatoms. The topological polar surface area (TPSA) is 138 Å². The first-order chi connectivity index (χ1) is 15.3. The van der Waals surface area contributed by atoms with Crippen molar-refractivity contribution in [2.24, 2.45) is 0 Å². The van der Waals surface area contributed by atoms with Gasteiger partial charge in [-0.25, -0.2) is 9.78 Å². The third kappa shape index (κ3) is 3.97. The molecule has 0 amide bonds. The fourth-order valence-electron chi connectivity index (χ4n) is 3.14. The number of rotatable bonds is 5. The van der Waals surface area contributed by atoms with Gasteiger partial charge in [0.2, 0.25) is 0 Å². The lowest BCUT2D eigenvalue weighted by Gasteiger charge is -2.08. The second kappa shape index (κ2) is 8.19. The lowest BCUT2D eigenvalue weighted by Crippen LogP contribution is -2.12.